The largest absolute Gasteiger partial charge is 0.631 e. The second-order valence-electron chi connectivity index (χ2n) is 11.4. The number of hydrogen-bond donors (Lipinski definition) is 0. The van der Waals surface area contributed by atoms with E-state index >= 15 is 0 Å². The second kappa shape index (κ2) is 12.2. The van der Waals surface area contributed by atoms with Gasteiger partial charge >= 0.3 is 6.09 Å². The molecule has 2 aliphatic rings. The molecular weight excluding hydrogens is 502 g/mol. The zero-order valence-electron chi connectivity index (χ0n) is 23.4. The van der Waals surface area contributed by atoms with Crippen molar-refractivity contribution < 1.29 is 19.0 Å². The molecule has 7 nitrogen and oxygen atoms in total. The number of carbonyl (C=O) groups excluding carboxylic acids is 2. The van der Waals surface area contributed by atoms with Gasteiger partial charge in [-0.1, -0.05) is 91.0 Å². The number of likely N-dealkylation sites (N-methyl/N-ethyl adjacent to an activating group) is 1. The molecule has 7 heteroatoms. The number of likely N-dealkylation sites (tertiary alicyclic amines) is 1. The molecule has 0 aromatic heterocycles. The van der Waals surface area contributed by atoms with E-state index in [1.165, 1.54) is 0 Å². The lowest BCUT2D eigenvalue weighted by atomic mass is 9.78. The van der Waals surface area contributed by atoms with E-state index in [1.54, 1.807) is 16.8 Å². The Hall–Kier alpha value is -3.68. The Balaban J connectivity index is 1.28. The van der Waals surface area contributed by atoms with Crippen molar-refractivity contribution in [2.24, 2.45) is 5.92 Å². The number of nitrogens with zero attached hydrogens (tertiary/aromatic N) is 3. The van der Waals surface area contributed by atoms with Crippen LogP contribution in [0.15, 0.2) is 91.0 Å². The number of ether oxygens (including phenoxy) is 1. The van der Waals surface area contributed by atoms with Crippen LogP contribution >= 0.6 is 0 Å². The van der Waals surface area contributed by atoms with Crippen LogP contribution < -0.4 is 0 Å². The zero-order chi connectivity index (χ0) is 28.1. The van der Waals surface area contributed by atoms with Crippen LogP contribution in [0.3, 0.4) is 0 Å². The molecule has 40 heavy (non-hydrogen) atoms. The van der Waals surface area contributed by atoms with E-state index in [0.717, 1.165) is 29.5 Å². The highest BCUT2D eigenvalue weighted by Gasteiger charge is 2.46. The van der Waals surface area contributed by atoms with Gasteiger partial charge in [-0.2, -0.15) is 0 Å². The standard InChI is InChI=1S/C33H39N3O4/c1-25-32(29-16-10-5-11-17-29)35(24-36(25,2)39)31(37)22-30(27-14-8-4-9-15-27)28-18-20-34(21-19-28)33(38)40-23-26-12-6-3-7-13-26/h3-17,25,28,30,32H,18-24H2,1-2H3/t25-,30?,32-,36-/m0/s1. The maximum absolute atomic E-state index is 14.0. The molecule has 2 fully saturated rings. The fraction of sp³-hybridized carbons (Fsp3) is 0.394. The summed E-state index contributed by atoms with van der Waals surface area (Å²) in [5.41, 5.74) is 3.09. The summed E-state index contributed by atoms with van der Waals surface area (Å²) in [6.07, 6.45) is 1.63. The van der Waals surface area contributed by atoms with Gasteiger partial charge in [0.2, 0.25) is 5.91 Å². The molecule has 0 radical (unpaired) electrons. The van der Waals surface area contributed by atoms with Crippen LogP contribution in [0.2, 0.25) is 0 Å². The van der Waals surface area contributed by atoms with E-state index in [1.807, 2.05) is 85.8 Å². The highest BCUT2D eigenvalue weighted by molar-refractivity contribution is 5.78. The summed E-state index contributed by atoms with van der Waals surface area (Å²) in [6.45, 7) is 3.54. The van der Waals surface area contributed by atoms with Gasteiger partial charge < -0.3 is 19.5 Å². The molecule has 0 aliphatic carbocycles. The van der Waals surface area contributed by atoms with Crippen LogP contribution in [0.5, 0.6) is 0 Å². The number of hydrogen-bond acceptors (Lipinski definition) is 4. The van der Waals surface area contributed by atoms with Gasteiger partial charge in [0, 0.05) is 19.5 Å². The Morgan fingerprint density at radius 2 is 1.50 bits per heavy atom. The number of benzene rings is 3. The third kappa shape index (κ3) is 6.21. The summed E-state index contributed by atoms with van der Waals surface area (Å²) in [5.74, 6) is 0.263. The molecule has 210 valence electrons. The van der Waals surface area contributed by atoms with Gasteiger partial charge in [-0.15, -0.1) is 0 Å². The minimum absolute atomic E-state index is 0.00827. The number of piperidine rings is 1. The SMILES string of the molecule is C[C@H]1[C@@H](c2ccccc2)N(C(=O)CC(c2ccccc2)C2CCN(C(=O)OCc3ccccc3)CC2)C[N@+]1(C)[O-]. The van der Waals surface area contributed by atoms with Crippen molar-refractivity contribution in [2.75, 3.05) is 26.8 Å². The Kier molecular flexibility index (Phi) is 8.52. The Morgan fingerprint density at radius 1 is 0.925 bits per heavy atom. The maximum Gasteiger partial charge on any atom is 0.410 e. The summed E-state index contributed by atoms with van der Waals surface area (Å²) in [4.78, 5) is 30.3. The van der Waals surface area contributed by atoms with Crippen LogP contribution in [0.4, 0.5) is 4.79 Å². The first-order valence-electron chi connectivity index (χ1n) is 14.2. The van der Waals surface area contributed by atoms with E-state index in [9.17, 15) is 14.8 Å². The number of quaternary nitrogens is 1. The van der Waals surface area contributed by atoms with Gasteiger partial charge in [0.05, 0.1) is 7.05 Å². The highest BCUT2D eigenvalue weighted by Crippen LogP contribution is 2.41. The van der Waals surface area contributed by atoms with Crippen LogP contribution in [-0.4, -0.2) is 59.3 Å². The van der Waals surface area contributed by atoms with E-state index in [4.69, 9.17) is 4.74 Å². The van der Waals surface area contributed by atoms with Gasteiger partial charge in [0.25, 0.3) is 0 Å². The number of carbonyl (C=O) groups is 2. The Labute approximate surface area is 237 Å². The summed E-state index contributed by atoms with van der Waals surface area (Å²) in [6, 6.07) is 29.3. The van der Waals surface area contributed by atoms with Crippen molar-refractivity contribution in [3.05, 3.63) is 113 Å². The predicted molar refractivity (Wildman–Crippen MR) is 155 cm³/mol. The molecule has 1 unspecified atom stereocenters. The van der Waals surface area contributed by atoms with Gasteiger partial charge in [0.1, 0.15) is 18.7 Å². The lowest BCUT2D eigenvalue weighted by Gasteiger charge is -2.38. The molecule has 2 saturated heterocycles. The molecule has 3 aromatic rings. The molecule has 0 bridgehead atoms. The predicted octanol–water partition coefficient (Wildman–Crippen LogP) is 6.08. The smallest absolute Gasteiger partial charge is 0.410 e. The van der Waals surface area contributed by atoms with Crippen LogP contribution in [0.1, 0.15) is 54.8 Å². The lowest BCUT2D eigenvalue weighted by molar-refractivity contribution is -0.875. The summed E-state index contributed by atoms with van der Waals surface area (Å²) in [7, 11) is 1.66. The fourth-order valence-corrected chi connectivity index (χ4v) is 6.28. The van der Waals surface area contributed by atoms with Crippen molar-refractivity contribution in [3.63, 3.8) is 0 Å². The van der Waals surface area contributed by atoms with Crippen molar-refractivity contribution in [2.45, 2.75) is 50.8 Å². The van der Waals surface area contributed by atoms with Crippen LogP contribution in [0, 0.1) is 11.1 Å². The quantitative estimate of drug-likeness (QED) is 0.268. The molecular formula is C33H39N3O4. The molecule has 2 heterocycles. The first kappa shape index (κ1) is 27.9. The number of rotatable bonds is 7. The van der Waals surface area contributed by atoms with E-state index in [0.29, 0.717) is 19.5 Å². The molecule has 5 rings (SSSR count). The molecule has 0 saturated carbocycles. The third-order valence-corrected chi connectivity index (χ3v) is 8.74. The van der Waals surface area contributed by atoms with E-state index in [-0.39, 0.29) is 49.2 Å². The van der Waals surface area contributed by atoms with Gasteiger partial charge in [-0.3, -0.25) is 9.69 Å². The molecule has 2 aliphatic heterocycles. The van der Waals surface area contributed by atoms with Gasteiger partial charge in [0.15, 0.2) is 6.67 Å². The number of hydroxylamine groups is 3. The maximum atomic E-state index is 14.0. The third-order valence-electron chi connectivity index (χ3n) is 8.74. The van der Waals surface area contributed by atoms with Crippen molar-refractivity contribution in [1.82, 2.24) is 9.80 Å². The Bertz CT molecular complexity index is 1260. The topological polar surface area (TPSA) is 72.9 Å². The number of amides is 2. The fourth-order valence-electron chi connectivity index (χ4n) is 6.28. The van der Waals surface area contributed by atoms with Crippen molar-refractivity contribution in [3.8, 4) is 0 Å². The minimum atomic E-state index is -0.467. The molecule has 0 N–H and O–H groups in total. The van der Waals surface area contributed by atoms with Crippen molar-refractivity contribution >= 4 is 12.0 Å². The monoisotopic (exact) mass is 541 g/mol. The summed E-state index contributed by atoms with van der Waals surface area (Å²) < 4.78 is 5.09. The summed E-state index contributed by atoms with van der Waals surface area (Å²) >= 11 is 0. The lowest BCUT2D eigenvalue weighted by Crippen LogP contribution is -2.43. The first-order chi connectivity index (χ1) is 19.3. The molecule has 4 atom stereocenters. The summed E-state index contributed by atoms with van der Waals surface area (Å²) in [5, 5.41) is 13.3. The van der Waals surface area contributed by atoms with Gasteiger partial charge in [-0.05, 0) is 48.3 Å². The van der Waals surface area contributed by atoms with E-state index in [2.05, 4.69) is 12.1 Å². The van der Waals surface area contributed by atoms with Gasteiger partial charge in [-0.25, -0.2) is 4.79 Å². The molecule has 2 amide bonds. The van der Waals surface area contributed by atoms with E-state index < -0.39 is 4.65 Å². The minimum Gasteiger partial charge on any atom is -0.631 e. The molecule has 3 aromatic carbocycles. The average molecular weight is 542 g/mol. The normalized spacial score (nSPS) is 24.1. The average Bonchev–Trinajstić information content (AvgIpc) is 3.24. The van der Waals surface area contributed by atoms with Crippen LogP contribution in [0.25, 0.3) is 0 Å². The molecule has 0 spiro atoms. The Morgan fingerprint density at radius 3 is 2.12 bits per heavy atom. The highest BCUT2D eigenvalue weighted by atomic mass is 16.6. The second-order valence-corrected chi connectivity index (χ2v) is 11.4. The zero-order valence-corrected chi connectivity index (χ0v) is 23.4. The van der Waals surface area contributed by atoms with Crippen LogP contribution in [-0.2, 0) is 16.1 Å². The van der Waals surface area contributed by atoms with Crippen molar-refractivity contribution in [1.29, 1.82) is 0 Å². The first-order valence-corrected chi connectivity index (χ1v) is 14.2.